The molecule has 10 heteroatoms. The number of thiol groups is 1. The highest BCUT2D eigenvalue weighted by atomic mass is 32.1. The molecule has 184 valence electrons. The largest absolute Gasteiger partial charge is 0.494 e. The summed E-state index contributed by atoms with van der Waals surface area (Å²) in [5.41, 5.74) is 5.13. The fourth-order valence-electron chi connectivity index (χ4n) is 4.40. The van der Waals surface area contributed by atoms with Gasteiger partial charge in [0.2, 0.25) is 6.35 Å². The highest BCUT2D eigenvalue weighted by Crippen LogP contribution is 2.49. The molecule has 1 unspecified atom stereocenters. The number of nitrogens with one attached hydrogen (secondary N) is 1. The zero-order valence-corrected chi connectivity index (χ0v) is 21.5. The molecule has 0 radical (unpaired) electrons. The number of hydrogen-bond acceptors (Lipinski definition) is 7. The zero-order valence-electron chi connectivity index (χ0n) is 19.8. The van der Waals surface area contributed by atoms with E-state index in [1.165, 1.54) is 40.5 Å². The van der Waals surface area contributed by atoms with E-state index in [4.69, 9.17) is 8.92 Å². The molecule has 7 nitrogen and oxygen atoms in total. The van der Waals surface area contributed by atoms with E-state index in [9.17, 15) is 9.18 Å². The van der Waals surface area contributed by atoms with Gasteiger partial charge in [-0.15, -0.1) is 11.3 Å². The van der Waals surface area contributed by atoms with E-state index in [-0.39, 0.29) is 5.91 Å². The van der Waals surface area contributed by atoms with Gasteiger partial charge in [-0.1, -0.05) is 18.7 Å². The molecule has 2 aromatic heterocycles. The summed E-state index contributed by atoms with van der Waals surface area (Å²) in [7, 11) is 1.62. The van der Waals surface area contributed by atoms with Crippen molar-refractivity contribution in [2.45, 2.75) is 20.2 Å². The molecule has 2 aromatic carbocycles. The number of carbonyl (C=O) groups is 1. The Hall–Kier alpha value is -3.60. The lowest BCUT2D eigenvalue weighted by Crippen LogP contribution is -2.49. The minimum Gasteiger partial charge on any atom is -0.494 e. The van der Waals surface area contributed by atoms with Crippen LogP contribution >= 0.6 is 24.2 Å². The highest BCUT2D eigenvalue weighted by Gasteiger charge is 2.38. The monoisotopic (exact) mass is 522 g/mol. The number of benzene rings is 2. The van der Waals surface area contributed by atoms with Crippen molar-refractivity contribution in [1.29, 1.82) is 0 Å². The third-order valence-electron chi connectivity index (χ3n) is 6.08. The molecule has 0 saturated heterocycles. The maximum Gasteiger partial charge on any atom is 0.265 e. The summed E-state index contributed by atoms with van der Waals surface area (Å²) in [6, 6.07) is 9.56. The van der Waals surface area contributed by atoms with Gasteiger partial charge in [0, 0.05) is 22.3 Å². The Morgan fingerprint density at radius 1 is 1.19 bits per heavy atom. The number of methoxy groups -OCH3 is 1. The minimum absolute atomic E-state index is 0.282. The summed E-state index contributed by atoms with van der Waals surface area (Å²) in [6.45, 7) is 7.81. The number of rotatable bonds is 6. The molecule has 4 aromatic rings. The Kier molecular flexibility index (Phi) is 6.33. The number of aryl methyl sites for hydroxylation is 1. The van der Waals surface area contributed by atoms with E-state index >= 15 is 0 Å². The molecular formula is C26H23FN4O3S2. The Morgan fingerprint density at radius 2 is 1.94 bits per heavy atom. The quantitative estimate of drug-likeness (QED) is 0.232. The number of halogens is 1. The van der Waals surface area contributed by atoms with Gasteiger partial charge in [-0.25, -0.2) is 9.37 Å². The number of aromatic nitrogens is 2. The fraction of sp³-hybridized carbons (Fsp3) is 0.154. The topological polar surface area (TPSA) is 68.6 Å². The van der Waals surface area contributed by atoms with Gasteiger partial charge in [-0.05, 0) is 68.2 Å². The van der Waals surface area contributed by atoms with Crippen LogP contribution in [-0.4, -0.2) is 28.9 Å². The first-order valence-corrected chi connectivity index (χ1v) is 12.2. The van der Waals surface area contributed by atoms with E-state index in [1.807, 2.05) is 36.7 Å². The minimum atomic E-state index is -0.884. The Balaban J connectivity index is 1.69. The molecular weight excluding hydrogens is 499 g/mol. The number of nitrogens with zero attached hydrogens (tertiary/aromatic N) is 3. The van der Waals surface area contributed by atoms with E-state index in [0.717, 1.165) is 32.9 Å². The van der Waals surface area contributed by atoms with Crippen LogP contribution < -0.4 is 15.0 Å². The molecule has 5 rings (SSSR count). The van der Waals surface area contributed by atoms with Gasteiger partial charge in [0.15, 0.2) is 5.75 Å². The summed E-state index contributed by atoms with van der Waals surface area (Å²) in [5, 5.41) is 3.89. The molecule has 0 saturated carbocycles. The third kappa shape index (κ3) is 3.87. The number of amides is 1. The highest BCUT2D eigenvalue weighted by molar-refractivity contribution is 7.75. The molecule has 3 heterocycles. The number of imidazole rings is 1. The lowest BCUT2D eigenvalue weighted by Gasteiger charge is -2.34. The summed E-state index contributed by atoms with van der Waals surface area (Å²) in [4.78, 5) is 20.4. The Labute approximate surface area is 217 Å². The molecule has 1 aliphatic rings. The van der Waals surface area contributed by atoms with Crippen molar-refractivity contribution in [1.82, 2.24) is 9.55 Å². The van der Waals surface area contributed by atoms with Crippen LogP contribution in [0.5, 0.6) is 5.75 Å². The zero-order chi connectivity index (χ0) is 25.6. The van der Waals surface area contributed by atoms with Crippen LogP contribution in [-0.2, 0) is 4.18 Å². The molecule has 0 spiro atoms. The first-order valence-electron chi connectivity index (χ1n) is 11.0. The summed E-state index contributed by atoms with van der Waals surface area (Å²) in [5.74, 6) is -0.0440. The van der Waals surface area contributed by atoms with Crippen molar-refractivity contribution in [2.24, 2.45) is 0 Å². The van der Waals surface area contributed by atoms with Crippen LogP contribution in [0.2, 0.25) is 0 Å². The van der Waals surface area contributed by atoms with Gasteiger partial charge < -0.3 is 14.6 Å². The second-order valence-electron chi connectivity index (χ2n) is 8.22. The molecule has 1 atom stereocenters. The molecule has 1 amide bonds. The molecule has 0 fully saturated rings. The first-order chi connectivity index (χ1) is 17.4. The van der Waals surface area contributed by atoms with Crippen molar-refractivity contribution in [3.05, 3.63) is 83.7 Å². The Bertz CT molecular complexity index is 1480. The van der Waals surface area contributed by atoms with Crippen molar-refractivity contribution in [3.8, 4) is 21.9 Å². The van der Waals surface area contributed by atoms with Gasteiger partial charge in [0.25, 0.3) is 5.91 Å². The second-order valence-corrected chi connectivity index (χ2v) is 9.45. The predicted octanol–water partition coefficient (Wildman–Crippen LogP) is 6.23. The number of ether oxygens (including phenoxy) is 1. The second kappa shape index (κ2) is 9.45. The number of thiophene rings is 1. The van der Waals surface area contributed by atoms with Crippen molar-refractivity contribution in [2.75, 3.05) is 17.3 Å². The van der Waals surface area contributed by atoms with Crippen molar-refractivity contribution >= 4 is 46.9 Å². The maximum atomic E-state index is 13.8. The van der Waals surface area contributed by atoms with E-state index in [0.29, 0.717) is 22.0 Å². The lowest BCUT2D eigenvalue weighted by atomic mass is 9.98. The van der Waals surface area contributed by atoms with Gasteiger partial charge in [-0.2, -0.15) is 0 Å². The number of carbonyl (C=O) groups excluding carboxylic acids is 1. The third-order valence-corrected chi connectivity index (χ3v) is 7.52. The SMILES string of the molecule is C=Cc1ccc(-n2cnc(C)c2)c(OC)c1-c1sc2c(c1C)C(=O)N(c1ccc(F)cc1)C(OS)N2. The van der Waals surface area contributed by atoms with Crippen LogP contribution in [0.3, 0.4) is 0 Å². The van der Waals surface area contributed by atoms with Crippen LogP contribution in [0.1, 0.15) is 27.2 Å². The van der Waals surface area contributed by atoms with Crippen LogP contribution in [0.4, 0.5) is 15.1 Å². The van der Waals surface area contributed by atoms with Gasteiger partial charge >= 0.3 is 0 Å². The van der Waals surface area contributed by atoms with Crippen molar-refractivity contribution < 1.29 is 18.1 Å². The van der Waals surface area contributed by atoms with E-state index < -0.39 is 12.2 Å². The van der Waals surface area contributed by atoms with Gasteiger partial charge in [0.05, 0.1) is 30.4 Å². The number of fused-ring (bicyclic) bond motifs is 1. The van der Waals surface area contributed by atoms with Crippen LogP contribution in [0.15, 0.2) is 55.5 Å². The van der Waals surface area contributed by atoms with Crippen LogP contribution in [0.25, 0.3) is 22.2 Å². The normalized spacial score (nSPS) is 15.0. The lowest BCUT2D eigenvalue weighted by molar-refractivity contribution is 0.0934. The smallest absolute Gasteiger partial charge is 0.265 e. The van der Waals surface area contributed by atoms with Crippen molar-refractivity contribution in [3.63, 3.8) is 0 Å². The Morgan fingerprint density at radius 3 is 2.56 bits per heavy atom. The van der Waals surface area contributed by atoms with Gasteiger partial charge in [-0.3, -0.25) is 13.9 Å². The molecule has 1 aliphatic heterocycles. The van der Waals surface area contributed by atoms with Crippen LogP contribution in [0, 0.1) is 19.7 Å². The molecule has 1 N–H and O–H groups in total. The van der Waals surface area contributed by atoms with E-state index in [1.54, 1.807) is 19.5 Å². The first kappa shape index (κ1) is 24.1. The average Bonchev–Trinajstić information content (AvgIpc) is 3.46. The summed E-state index contributed by atoms with van der Waals surface area (Å²) < 4.78 is 26.6. The summed E-state index contributed by atoms with van der Waals surface area (Å²) in [6.07, 6.45) is 4.53. The predicted molar refractivity (Wildman–Crippen MR) is 144 cm³/mol. The summed E-state index contributed by atoms with van der Waals surface area (Å²) >= 11 is 5.40. The molecule has 0 bridgehead atoms. The van der Waals surface area contributed by atoms with E-state index in [2.05, 4.69) is 29.8 Å². The number of anilines is 2. The molecule has 0 aliphatic carbocycles. The number of hydrogen-bond donors (Lipinski definition) is 2. The molecule has 36 heavy (non-hydrogen) atoms. The standard InChI is InChI=1S/C26H23FN4O3S2/c1-5-16-6-11-19(30-12-14(2)28-13-30)22(33-4)21(16)23-15(3)20-24(36-23)29-26(34-35)31(25(20)32)18-9-7-17(27)8-10-18/h5-13,26,29,35H,1H2,2-4H3. The van der Waals surface area contributed by atoms with Gasteiger partial charge in [0.1, 0.15) is 10.8 Å². The fourth-order valence-corrected chi connectivity index (χ4v) is 5.82. The maximum absolute atomic E-state index is 13.8. The average molecular weight is 523 g/mol.